The fourth-order valence-electron chi connectivity index (χ4n) is 3.32. The van der Waals surface area contributed by atoms with Gasteiger partial charge in [0, 0.05) is 20.2 Å². The van der Waals surface area contributed by atoms with E-state index < -0.39 is 10.0 Å². The maximum Gasteiger partial charge on any atom is 0.243 e. The molecule has 1 aromatic rings. The second kappa shape index (κ2) is 8.49. The monoisotopic (exact) mass is 376 g/mol. The molecule has 2 aliphatic heterocycles. The number of nitrogens with zero attached hydrogens (tertiary/aromatic N) is 1. The Morgan fingerprint density at radius 2 is 1.88 bits per heavy atom. The zero-order valence-corrected chi connectivity index (χ0v) is 15.4. The number of benzene rings is 1. The quantitative estimate of drug-likeness (QED) is 0.759. The molecular weight excluding hydrogens is 352 g/mol. The van der Waals surface area contributed by atoms with Crippen LogP contribution in [0.2, 0.25) is 0 Å². The normalized spacial score (nSPS) is 24.2. The van der Waals surface area contributed by atoms with Gasteiger partial charge in [0.1, 0.15) is 12.4 Å². The lowest BCUT2D eigenvalue weighted by atomic mass is 9.90. The Morgan fingerprint density at radius 3 is 2.58 bits per heavy atom. The first kappa shape index (κ1) is 19.5. The van der Waals surface area contributed by atoms with Gasteiger partial charge in [0.05, 0.1) is 11.5 Å². The number of halogens is 1. The fraction of sp³-hybridized carbons (Fsp3) is 0.625. The van der Waals surface area contributed by atoms with Gasteiger partial charge in [-0.1, -0.05) is 0 Å². The van der Waals surface area contributed by atoms with E-state index in [-0.39, 0.29) is 12.4 Å². The second-order valence-electron chi connectivity index (χ2n) is 6.14. The minimum Gasteiger partial charge on any atom is -0.491 e. The number of methoxy groups -OCH3 is 1. The van der Waals surface area contributed by atoms with Crippen LogP contribution >= 0.6 is 12.4 Å². The van der Waals surface area contributed by atoms with Crippen molar-refractivity contribution >= 4 is 22.4 Å². The van der Waals surface area contributed by atoms with E-state index in [0.29, 0.717) is 48.8 Å². The van der Waals surface area contributed by atoms with Gasteiger partial charge in [0.25, 0.3) is 0 Å². The van der Waals surface area contributed by atoms with Crippen molar-refractivity contribution in [3.8, 4) is 5.75 Å². The highest BCUT2D eigenvalue weighted by Crippen LogP contribution is 2.30. The van der Waals surface area contributed by atoms with Crippen LogP contribution < -0.4 is 10.1 Å². The van der Waals surface area contributed by atoms with Crippen LogP contribution in [0.5, 0.6) is 5.75 Å². The lowest BCUT2D eigenvalue weighted by Gasteiger charge is -2.33. The molecule has 0 aliphatic carbocycles. The van der Waals surface area contributed by atoms with Crippen molar-refractivity contribution in [2.75, 3.05) is 46.5 Å². The molecule has 8 heteroatoms. The third kappa shape index (κ3) is 4.21. The Balaban J connectivity index is 0.00000208. The number of hydrogen-bond donors (Lipinski definition) is 1. The van der Waals surface area contributed by atoms with Gasteiger partial charge in [-0.3, -0.25) is 0 Å². The van der Waals surface area contributed by atoms with E-state index in [4.69, 9.17) is 9.47 Å². The molecule has 2 saturated heterocycles. The maximum absolute atomic E-state index is 12.8. The molecule has 6 nitrogen and oxygen atoms in total. The highest BCUT2D eigenvalue weighted by atomic mass is 35.5. The van der Waals surface area contributed by atoms with E-state index in [9.17, 15) is 8.42 Å². The molecule has 2 atom stereocenters. The summed E-state index contributed by atoms with van der Waals surface area (Å²) in [4.78, 5) is 0.334. The summed E-state index contributed by atoms with van der Waals surface area (Å²) < 4.78 is 37.6. The molecular formula is C16H25ClN2O4S. The molecule has 1 aromatic carbocycles. The van der Waals surface area contributed by atoms with Crippen molar-refractivity contribution in [1.29, 1.82) is 0 Å². The number of fused-ring (bicyclic) bond motifs is 1. The first-order chi connectivity index (χ1) is 11.1. The maximum atomic E-state index is 12.8. The van der Waals surface area contributed by atoms with Gasteiger partial charge in [-0.2, -0.15) is 4.31 Å². The molecule has 3 rings (SSSR count). The smallest absolute Gasteiger partial charge is 0.243 e. The molecule has 0 bridgehead atoms. The lowest BCUT2D eigenvalue weighted by molar-refractivity contribution is 0.146. The minimum atomic E-state index is -3.42. The molecule has 136 valence electrons. The Hall–Kier alpha value is -0.860. The zero-order valence-electron chi connectivity index (χ0n) is 13.8. The summed E-state index contributed by atoms with van der Waals surface area (Å²) in [6.07, 6.45) is 0.940. The van der Waals surface area contributed by atoms with E-state index in [1.165, 1.54) is 0 Å². The van der Waals surface area contributed by atoms with Crippen LogP contribution in [0, 0.1) is 11.8 Å². The minimum absolute atomic E-state index is 0. The van der Waals surface area contributed by atoms with E-state index in [1.54, 1.807) is 35.7 Å². The van der Waals surface area contributed by atoms with Crippen LogP contribution in [-0.4, -0.2) is 59.2 Å². The average Bonchev–Trinajstić information content (AvgIpc) is 3.03. The topological polar surface area (TPSA) is 67.9 Å². The number of sulfonamides is 1. The number of ether oxygens (including phenoxy) is 2. The van der Waals surface area contributed by atoms with Crippen LogP contribution in [0.3, 0.4) is 0 Å². The molecule has 0 saturated carbocycles. The molecule has 2 heterocycles. The third-order valence-electron chi connectivity index (χ3n) is 4.68. The van der Waals surface area contributed by atoms with Gasteiger partial charge in [0.2, 0.25) is 10.0 Å². The Morgan fingerprint density at radius 1 is 1.17 bits per heavy atom. The summed E-state index contributed by atoms with van der Waals surface area (Å²) in [7, 11) is -1.80. The number of rotatable bonds is 6. The van der Waals surface area contributed by atoms with Crippen molar-refractivity contribution in [2.45, 2.75) is 11.3 Å². The number of nitrogens with one attached hydrogen (secondary N) is 1. The standard InChI is InChI=1S/C16H24N2O4S.ClH/c1-21-8-9-22-15-2-4-16(5-3-15)23(19,20)18-7-6-13-10-17-11-14(13)12-18;/h2-5,13-14,17H,6-12H2,1H3;1H. The van der Waals surface area contributed by atoms with E-state index in [1.807, 2.05) is 0 Å². The lowest BCUT2D eigenvalue weighted by Crippen LogP contribution is -2.43. The molecule has 0 spiro atoms. The molecule has 0 aromatic heterocycles. The molecule has 0 radical (unpaired) electrons. The highest BCUT2D eigenvalue weighted by Gasteiger charge is 2.37. The molecule has 1 N–H and O–H groups in total. The van der Waals surface area contributed by atoms with Gasteiger partial charge in [-0.05, 0) is 55.6 Å². The van der Waals surface area contributed by atoms with Crippen LogP contribution in [0.25, 0.3) is 0 Å². The van der Waals surface area contributed by atoms with Gasteiger partial charge < -0.3 is 14.8 Å². The van der Waals surface area contributed by atoms with Crippen molar-refractivity contribution in [3.63, 3.8) is 0 Å². The van der Waals surface area contributed by atoms with Crippen LogP contribution in [0.1, 0.15) is 6.42 Å². The third-order valence-corrected chi connectivity index (χ3v) is 6.56. The molecule has 2 aliphatic rings. The Labute approximate surface area is 150 Å². The van der Waals surface area contributed by atoms with Gasteiger partial charge in [-0.15, -0.1) is 12.4 Å². The van der Waals surface area contributed by atoms with Gasteiger partial charge in [0.15, 0.2) is 0 Å². The van der Waals surface area contributed by atoms with Crippen LogP contribution in [0.4, 0.5) is 0 Å². The van der Waals surface area contributed by atoms with Crippen molar-refractivity contribution in [1.82, 2.24) is 9.62 Å². The summed E-state index contributed by atoms with van der Waals surface area (Å²) in [5, 5.41) is 3.36. The first-order valence-corrected chi connectivity index (χ1v) is 9.48. The summed E-state index contributed by atoms with van der Waals surface area (Å²) in [6.45, 7) is 4.12. The van der Waals surface area contributed by atoms with Crippen molar-refractivity contribution in [3.05, 3.63) is 24.3 Å². The SMILES string of the molecule is COCCOc1ccc(S(=O)(=O)N2CCC3CNCC3C2)cc1.Cl. The average molecular weight is 377 g/mol. The predicted molar refractivity (Wildman–Crippen MR) is 94.3 cm³/mol. The Kier molecular flexibility index (Phi) is 6.88. The largest absolute Gasteiger partial charge is 0.491 e. The van der Waals surface area contributed by atoms with Crippen molar-refractivity contribution < 1.29 is 17.9 Å². The van der Waals surface area contributed by atoms with E-state index >= 15 is 0 Å². The fourth-order valence-corrected chi connectivity index (χ4v) is 4.83. The summed E-state index contributed by atoms with van der Waals surface area (Å²) >= 11 is 0. The molecule has 2 unspecified atom stereocenters. The van der Waals surface area contributed by atoms with E-state index in [0.717, 1.165) is 19.5 Å². The zero-order chi connectivity index (χ0) is 16.3. The summed E-state index contributed by atoms with van der Waals surface area (Å²) in [5.41, 5.74) is 0. The van der Waals surface area contributed by atoms with Gasteiger partial charge in [-0.25, -0.2) is 8.42 Å². The van der Waals surface area contributed by atoms with Crippen LogP contribution in [0.15, 0.2) is 29.2 Å². The Bertz CT molecular complexity index is 623. The summed E-state index contributed by atoms with van der Waals surface area (Å²) in [5.74, 6) is 1.72. The highest BCUT2D eigenvalue weighted by molar-refractivity contribution is 7.89. The number of piperidine rings is 1. The number of hydrogen-bond acceptors (Lipinski definition) is 5. The molecule has 24 heavy (non-hydrogen) atoms. The second-order valence-corrected chi connectivity index (χ2v) is 8.08. The molecule has 2 fully saturated rings. The van der Waals surface area contributed by atoms with Gasteiger partial charge >= 0.3 is 0 Å². The summed E-state index contributed by atoms with van der Waals surface area (Å²) in [6, 6.07) is 6.64. The van der Waals surface area contributed by atoms with E-state index in [2.05, 4.69) is 5.32 Å². The predicted octanol–water partition coefficient (Wildman–Crippen LogP) is 1.36. The first-order valence-electron chi connectivity index (χ1n) is 8.04. The van der Waals surface area contributed by atoms with Crippen LogP contribution in [-0.2, 0) is 14.8 Å². The molecule has 0 amide bonds. The van der Waals surface area contributed by atoms with Crippen molar-refractivity contribution in [2.24, 2.45) is 11.8 Å².